The summed E-state index contributed by atoms with van der Waals surface area (Å²) in [5.74, 6) is -0.442. The number of aliphatic hydroxyl groups is 1. The maximum absolute atomic E-state index is 12.6. The maximum atomic E-state index is 12.6. The van der Waals surface area contributed by atoms with Crippen LogP contribution in [0.5, 0.6) is 0 Å². The van der Waals surface area contributed by atoms with Gasteiger partial charge in [-0.3, -0.25) is 4.84 Å². The molecule has 1 atom stereocenters. The van der Waals surface area contributed by atoms with Gasteiger partial charge in [0.05, 0.1) is 13.2 Å². The molecule has 3 rings (SSSR count). The summed E-state index contributed by atoms with van der Waals surface area (Å²) in [5, 5.41) is 14.3. The van der Waals surface area contributed by atoms with Gasteiger partial charge < -0.3 is 9.84 Å². The molecule has 1 fully saturated rings. The molecule has 0 amide bonds. The van der Waals surface area contributed by atoms with Gasteiger partial charge in [-0.2, -0.15) is 5.06 Å². The Morgan fingerprint density at radius 3 is 2.26 bits per heavy atom. The van der Waals surface area contributed by atoms with Gasteiger partial charge in [-0.05, 0) is 62.9 Å². The summed E-state index contributed by atoms with van der Waals surface area (Å²) in [6, 6.07) is 13.9. The average molecular weight is 371 g/mol. The number of ether oxygens (including phenoxy) is 1. The van der Waals surface area contributed by atoms with Crippen LogP contribution in [0.3, 0.4) is 0 Å². The Labute approximate surface area is 160 Å². The van der Waals surface area contributed by atoms with Gasteiger partial charge >= 0.3 is 5.97 Å². The van der Waals surface area contributed by atoms with Crippen LogP contribution in [0.25, 0.3) is 10.8 Å². The number of esters is 1. The average Bonchev–Trinajstić information content (AvgIpc) is 2.59. The lowest BCUT2D eigenvalue weighted by molar-refractivity contribution is -0.313. The molecule has 0 bridgehead atoms. The molecule has 1 heterocycles. The molecule has 146 valence electrons. The van der Waals surface area contributed by atoms with Crippen molar-refractivity contribution in [3.05, 3.63) is 48.0 Å². The first-order chi connectivity index (χ1) is 12.6. The molecule has 1 N–H and O–H groups in total. The van der Waals surface area contributed by atoms with Gasteiger partial charge in [0.2, 0.25) is 6.10 Å². The normalized spacial score (nSPS) is 21.1. The summed E-state index contributed by atoms with van der Waals surface area (Å²) in [6.07, 6.45) is -0.120. The molecule has 0 aromatic heterocycles. The molecule has 1 saturated heterocycles. The van der Waals surface area contributed by atoms with Crippen molar-refractivity contribution in [3.63, 3.8) is 0 Å². The van der Waals surface area contributed by atoms with E-state index in [1.165, 1.54) is 7.11 Å². The first-order valence-corrected chi connectivity index (χ1v) is 9.36. The monoisotopic (exact) mass is 371 g/mol. The number of methoxy groups -OCH3 is 1. The molecule has 1 unspecified atom stereocenters. The largest absolute Gasteiger partial charge is 0.467 e. The van der Waals surface area contributed by atoms with Gasteiger partial charge in [0.25, 0.3) is 0 Å². The first-order valence-electron chi connectivity index (χ1n) is 9.36. The highest BCUT2D eigenvalue weighted by Crippen LogP contribution is 2.41. The maximum Gasteiger partial charge on any atom is 0.341 e. The Balaban J connectivity index is 1.98. The SMILES string of the molecule is COC(=O)C(ON1C(C)(C)CC(O)CC1(C)C)c1ccc2ccccc2c1. The molecule has 1 aliphatic rings. The predicted octanol–water partition coefficient (Wildman–Crippen LogP) is 4.00. The number of fused-ring (bicyclic) bond motifs is 1. The van der Waals surface area contributed by atoms with E-state index in [-0.39, 0.29) is 0 Å². The molecule has 5 heteroatoms. The number of hydroxylamine groups is 2. The highest BCUT2D eigenvalue weighted by Gasteiger charge is 2.48. The fraction of sp³-hybridized carbons (Fsp3) is 0.500. The number of hydrogen-bond acceptors (Lipinski definition) is 5. The lowest BCUT2D eigenvalue weighted by atomic mass is 9.80. The summed E-state index contributed by atoms with van der Waals surface area (Å²) in [5.41, 5.74) is -0.104. The van der Waals surface area contributed by atoms with E-state index in [0.717, 1.165) is 16.3 Å². The zero-order valence-corrected chi connectivity index (χ0v) is 16.7. The van der Waals surface area contributed by atoms with Crippen molar-refractivity contribution < 1.29 is 19.5 Å². The predicted molar refractivity (Wildman–Crippen MR) is 105 cm³/mol. The van der Waals surface area contributed by atoms with E-state index in [1.807, 2.05) is 75.2 Å². The van der Waals surface area contributed by atoms with Crippen molar-refractivity contribution in [2.75, 3.05) is 7.11 Å². The van der Waals surface area contributed by atoms with E-state index in [2.05, 4.69) is 0 Å². The number of aliphatic hydroxyl groups excluding tert-OH is 1. The summed E-state index contributed by atoms with van der Waals surface area (Å²) < 4.78 is 5.04. The Kier molecular flexibility index (Phi) is 5.30. The van der Waals surface area contributed by atoms with Crippen LogP contribution in [-0.4, -0.2) is 40.4 Å². The Bertz CT molecular complexity index is 812. The number of benzene rings is 2. The van der Waals surface area contributed by atoms with Crippen LogP contribution in [-0.2, 0) is 14.4 Å². The Hall–Kier alpha value is -1.95. The summed E-state index contributed by atoms with van der Waals surface area (Å²) in [4.78, 5) is 18.9. The molecule has 0 saturated carbocycles. The standard InChI is InChI=1S/C22H29NO4/c1-21(2)13-18(24)14-22(3,4)23(21)27-19(20(25)26-5)17-11-10-15-8-6-7-9-16(15)12-17/h6-12,18-19,24H,13-14H2,1-5H3. The van der Waals surface area contributed by atoms with E-state index >= 15 is 0 Å². The van der Waals surface area contributed by atoms with Crippen LogP contribution in [0, 0.1) is 0 Å². The summed E-state index contributed by atoms with van der Waals surface area (Å²) in [7, 11) is 1.37. The third kappa shape index (κ3) is 4.00. The van der Waals surface area contributed by atoms with Crippen molar-refractivity contribution in [1.82, 2.24) is 5.06 Å². The molecule has 0 spiro atoms. The topological polar surface area (TPSA) is 59.0 Å². The van der Waals surface area contributed by atoms with Gasteiger partial charge in [-0.1, -0.05) is 36.4 Å². The van der Waals surface area contributed by atoms with Crippen LogP contribution in [0.15, 0.2) is 42.5 Å². The number of piperidine rings is 1. The number of carbonyl (C=O) groups is 1. The van der Waals surface area contributed by atoms with Gasteiger partial charge in [-0.15, -0.1) is 0 Å². The van der Waals surface area contributed by atoms with Crippen LogP contribution in [0.4, 0.5) is 0 Å². The van der Waals surface area contributed by atoms with Crippen molar-refractivity contribution in [2.45, 2.75) is 63.8 Å². The first kappa shape index (κ1) is 19.8. The minimum Gasteiger partial charge on any atom is -0.467 e. The van der Waals surface area contributed by atoms with Crippen molar-refractivity contribution in [3.8, 4) is 0 Å². The lowest BCUT2D eigenvalue weighted by Crippen LogP contribution is -2.62. The quantitative estimate of drug-likeness (QED) is 0.823. The second kappa shape index (κ2) is 7.23. The third-order valence-electron chi connectivity index (χ3n) is 5.27. The van der Waals surface area contributed by atoms with Gasteiger partial charge in [0, 0.05) is 11.1 Å². The third-order valence-corrected chi connectivity index (χ3v) is 5.27. The van der Waals surface area contributed by atoms with Crippen LogP contribution < -0.4 is 0 Å². The summed E-state index contributed by atoms with van der Waals surface area (Å²) in [6.45, 7) is 8.08. The van der Waals surface area contributed by atoms with Crippen LogP contribution in [0.1, 0.15) is 52.2 Å². The fourth-order valence-electron chi connectivity index (χ4n) is 4.32. The van der Waals surface area contributed by atoms with E-state index in [0.29, 0.717) is 12.8 Å². The fourth-order valence-corrected chi connectivity index (χ4v) is 4.32. The van der Waals surface area contributed by atoms with Crippen LogP contribution in [0.2, 0.25) is 0 Å². The summed E-state index contributed by atoms with van der Waals surface area (Å²) >= 11 is 0. The van der Waals surface area contributed by atoms with Gasteiger partial charge in [0.15, 0.2) is 0 Å². The van der Waals surface area contributed by atoms with E-state index < -0.39 is 29.3 Å². The van der Waals surface area contributed by atoms with E-state index in [4.69, 9.17) is 9.57 Å². The number of carbonyl (C=O) groups excluding carboxylic acids is 1. The number of nitrogens with zero attached hydrogens (tertiary/aromatic N) is 1. The van der Waals surface area contributed by atoms with E-state index in [9.17, 15) is 9.90 Å². The molecule has 27 heavy (non-hydrogen) atoms. The zero-order chi connectivity index (χ0) is 19.8. The molecular formula is C22H29NO4. The molecular weight excluding hydrogens is 342 g/mol. The molecule has 0 aliphatic carbocycles. The highest BCUT2D eigenvalue weighted by atomic mass is 16.7. The Morgan fingerprint density at radius 2 is 1.67 bits per heavy atom. The number of rotatable bonds is 4. The van der Waals surface area contributed by atoms with Gasteiger partial charge in [0.1, 0.15) is 0 Å². The molecule has 2 aromatic carbocycles. The highest BCUT2D eigenvalue weighted by molar-refractivity contribution is 5.85. The second-order valence-corrected chi connectivity index (χ2v) is 8.60. The van der Waals surface area contributed by atoms with Crippen molar-refractivity contribution in [2.24, 2.45) is 0 Å². The lowest BCUT2D eigenvalue weighted by Gasteiger charge is -2.53. The van der Waals surface area contributed by atoms with Gasteiger partial charge in [-0.25, -0.2) is 4.79 Å². The van der Waals surface area contributed by atoms with E-state index in [1.54, 1.807) is 0 Å². The molecule has 1 aliphatic heterocycles. The molecule has 5 nitrogen and oxygen atoms in total. The number of hydrogen-bond donors (Lipinski definition) is 1. The minimum absolute atomic E-state index is 0.396. The minimum atomic E-state index is -0.867. The Morgan fingerprint density at radius 1 is 1.07 bits per heavy atom. The zero-order valence-electron chi connectivity index (χ0n) is 16.7. The van der Waals surface area contributed by atoms with Crippen molar-refractivity contribution >= 4 is 16.7 Å². The van der Waals surface area contributed by atoms with Crippen LogP contribution >= 0.6 is 0 Å². The second-order valence-electron chi connectivity index (χ2n) is 8.60. The smallest absolute Gasteiger partial charge is 0.341 e. The molecule has 0 radical (unpaired) electrons. The molecule has 2 aromatic rings. The van der Waals surface area contributed by atoms with Crippen molar-refractivity contribution in [1.29, 1.82) is 0 Å².